The lowest BCUT2D eigenvalue weighted by molar-refractivity contribution is 0.290. The molecule has 1 heterocycles. The summed E-state index contributed by atoms with van der Waals surface area (Å²) in [4.78, 5) is 0. The molecule has 8 heteroatoms. The third-order valence-electron chi connectivity index (χ3n) is 3.24. The number of hydrogen-bond acceptors (Lipinski definition) is 5. The van der Waals surface area contributed by atoms with Gasteiger partial charge in [-0.2, -0.15) is 9.78 Å². The normalized spacial score (nSPS) is 11.2. The molecule has 0 aliphatic carbocycles. The van der Waals surface area contributed by atoms with Crippen LogP contribution in [0.2, 0.25) is 10.0 Å². The molecule has 5 nitrogen and oxygen atoms in total. The summed E-state index contributed by atoms with van der Waals surface area (Å²) in [5, 5.41) is 14.4. The third-order valence-corrected chi connectivity index (χ3v) is 4.60. The van der Waals surface area contributed by atoms with E-state index in [0.29, 0.717) is 21.0 Å². The van der Waals surface area contributed by atoms with Gasteiger partial charge in [-0.25, -0.2) is 0 Å². The monoisotopic (exact) mass is 392 g/mol. The van der Waals surface area contributed by atoms with Gasteiger partial charge >= 0.3 is 0 Å². The Balaban J connectivity index is 1.80. The Labute approximate surface area is 159 Å². The first-order valence-electron chi connectivity index (χ1n) is 7.33. The first-order chi connectivity index (χ1) is 12.2. The number of aromatic nitrogens is 3. The highest BCUT2D eigenvalue weighted by molar-refractivity contribution is 7.98. The maximum atomic E-state index is 6.03. The number of benzene rings is 2. The Hall–Kier alpha value is -2.02. The van der Waals surface area contributed by atoms with Gasteiger partial charge in [0.1, 0.15) is 12.4 Å². The molecule has 0 aliphatic rings. The summed E-state index contributed by atoms with van der Waals surface area (Å²) in [5.41, 5.74) is 0.824. The lowest BCUT2D eigenvalue weighted by Crippen LogP contribution is -2.04. The number of rotatable bonds is 6. The van der Waals surface area contributed by atoms with E-state index in [1.807, 2.05) is 42.7 Å². The molecule has 3 rings (SSSR count). The van der Waals surface area contributed by atoms with E-state index < -0.39 is 0 Å². The summed E-state index contributed by atoms with van der Waals surface area (Å²) >= 11 is 13.4. The zero-order valence-corrected chi connectivity index (χ0v) is 15.6. The van der Waals surface area contributed by atoms with Gasteiger partial charge in [0.15, 0.2) is 5.82 Å². The molecule has 0 bridgehead atoms. The standard InChI is InChI=1S/C17H14Cl2N4OS/c1-25-17-22-21-16(11-24-13-5-3-2-4-6-13)23(17)20-10-12-7-8-14(18)15(19)9-12/h2-10H,11H2,1H3/b20-10-. The number of nitrogens with zero attached hydrogens (tertiary/aromatic N) is 4. The zero-order valence-electron chi connectivity index (χ0n) is 13.3. The van der Waals surface area contributed by atoms with Crippen molar-refractivity contribution in [1.29, 1.82) is 0 Å². The molecule has 0 N–H and O–H groups in total. The van der Waals surface area contributed by atoms with Crippen molar-refractivity contribution in [3.05, 3.63) is 70.0 Å². The number of thioether (sulfide) groups is 1. The lowest BCUT2D eigenvalue weighted by Gasteiger charge is -2.06. The van der Waals surface area contributed by atoms with Gasteiger partial charge < -0.3 is 4.74 Å². The van der Waals surface area contributed by atoms with Gasteiger partial charge in [-0.1, -0.05) is 59.2 Å². The Morgan fingerprint density at radius 1 is 1.12 bits per heavy atom. The van der Waals surface area contributed by atoms with Crippen molar-refractivity contribution < 1.29 is 4.74 Å². The summed E-state index contributed by atoms with van der Waals surface area (Å²) in [5.74, 6) is 1.36. The second-order valence-corrected chi connectivity index (χ2v) is 6.52. The van der Waals surface area contributed by atoms with E-state index in [1.54, 1.807) is 23.0 Å². The molecule has 3 aromatic rings. The Morgan fingerprint density at radius 2 is 1.92 bits per heavy atom. The SMILES string of the molecule is CSc1nnc(COc2ccccc2)n1/N=C\c1ccc(Cl)c(Cl)c1. The maximum absolute atomic E-state index is 6.03. The average molecular weight is 393 g/mol. The van der Waals surface area contributed by atoms with Crippen molar-refractivity contribution in [2.75, 3.05) is 6.26 Å². The molecule has 0 unspecified atom stereocenters. The fourth-order valence-corrected chi connectivity index (χ4v) is 2.77. The second-order valence-electron chi connectivity index (χ2n) is 4.93. The highest BCUT2D eigenvalue weighted by Crippen LogP contribution is 2.22. The molecule has 0 radical (unpaired) electrons. The largest absolute Gasteiger partial charge is 0.486 e. The minimum absolute atomic E-state index is 0.260. The second kappa shape index (κ2) is 8.38. The number of halogens is 2. The molecule has 0 fully saturated rings. The van der Waals surface area contributed by atoms with Crippen LogP contribution in [0.1, 0.15) is 11.4 Å². The predicted octanol–water partition coefficient (Wildman–Crippen LogP) is 4.77. The molecule has 1 aromatic heterocycles. The van der Waals surface area contributed by atoms with Crippen LogP contribution in [0.25, 0.3) is 0 Å². The first-order valence-corrected chi connectivity index (χ1v) is 9.31. The van der Waals surface area contributed by atoms with Crippen molar-refractivity contribution in [2.24, 2.45) is 5.10 Å². The van der Waals surface area contributed by atoms with Gasteiger partial charge in [0.2, 0.25) is 5.16 Å². The highest BCUT2D eigenvalue weighted by Gasteiger charge is 2.11. The molecule has 25 heavy (non-hydrogen) atoms. The topological polar surface area (TPSA) is 52.3 Å². The van der Waals surface area contributed by atoms with Crippen LogP contribution in [-0.2, 0) is 6.61 Å². The first kappa shape index (κ1) is 17.8. The van der Waals surface area contributed by atoms with Crippen LogP contribution in [0, 0.1) is 0 Å². The number of ether oxygens (including phenoxy) is 1. The molecule has 0 atom stereocenters. The number of para-hydroxylation sites is 1. The van der Waals surface area contributed by atoms with E-state index in [1.165, 1.54) is 11.8 Å². The van der Waals surface area contributed by atoms with Crippen LogP contribution in [0.3, 0.4) is 0 Å². The number of hydrogen-bond donors (Lipinski definition) is 0. The van der Waals surface area contributed by atoms with Crippen molar-refractivity contribution in [2.45, 2.75) is 11.8 Å². The maximum Gasteiger partial charge on any atom is 0.211 e. The van der Waals surface area contributed by atoms with E-state index in [0.717, 1.165) is 11.3 Å². The Kier molecular flexibility index (Phi) is 5.96. The molecule has 2 aromatic carbocycles. The predicted molar refractivity (Wildman–Crippen MR) is 102 cm³/mol. The van der Waals surface area contributed by atoms with Crippen LogP contribution in [0.5, 0.6) is 5.75 Å². The quantitative estimate of drug-likeness (QED) is 0.447. The fourth-order valence-electron chi connectivity index (χ4n) is 2.01. The van der Waals surface area contributed by atoms with Gasteiger partial charge in [0, 0.05) is 0 Å². The van der Waals surface area contributed by atoms with Gasteiger partial charge in [-0.3, -0.25) is 0 Å². The van der Waals surface area contributed by atoms with Gasteiger partial charge in [0.05, 0.1) is 16.3 Å². The van der Waals surface area contributed by atoms with E-state index in [2.05, 4.69) is 15.3 Å². The van der Waals surface area contributed by atoms with Crippen LogP contribution < -0.4 is 4.74 Å². The van der Waals surface area contributed by atoms with Crippen molar-refractivity contribution in [3.8, 4) is 5.75 Å². The minimum atomic E-state index is 0.260. The minimum Gasteiger partial charge on any atom is -0.486 e. The molecule has 0 saturated heterocycles. The van der Waals surface area contributed by atoms with Crippen LogP contribution in [0.15, 0.2) is 58.8 Å². The molecular weight excluding hydrogens is 379 g/mol. The average Bonchev–Trinajstić information content (AvgIpc) is 3.04. The van der Waals surface area contributed by atoms with Crippen molar-refractivity contribution >= 4 is 41.2 Å². The fraction of sp³-hybridized carbons (Fsp3) is 0.118. The molecule has 128 valence electrons. The lowest BCUT2D eigenvalue weighted by atomic mass is 10.2. The Morgan fingerprint density at radius 3 is 2.64 bits per heavy atom. The van der Waals surface area contributed by atoms with Gasteiger partial charge in [-0.15, -0.1) is 10.2 Å². The molecule has 0 amide bonds. The summed E-state index contributed by atoms with van der Waals surface area (Å²) in [7, 11) is 0. The van der Waals surface area contributed by atoms with Gasteiger partial charge in [-0.05, 0) is 36.1 Å². The smallest absolute Gasteiger partial charge is 0.211 e. The van der Waals surface area contributed by atoms with Crippen molar-refractivity contribution in [3.63, 3.8) is 0 Å². The van der Waals surface area contributed by atoms with Gasteiger partial charge in [0.25, 0.3) is 0 Å². The Bertz CT molecular complexity index is 884. The summed E-state index contributed by atoms with van der Waals surface area (Å²) in [6.07, 6.45) is 3.59. The highest BCUT2D eigenvalue weighted by atomic mass is 35.5. The molecule has 0 saturated carbocycles. The summed E-state index contributed by atoms with van der Waals surface area (Å²) in [6, 6.07) is 14.8. The molecule has 0 spiro atoms. The summed E-state index contributed by atoms with van der Waals surface area (Å²) in [6.45, 7) is 0.260. The summed E-state index contributed by atoms with van der Waals surface area (Å²) < 4.78 is 7.38. The van der Waals surface area contributed by atoms with E-state index in [9.17, 15) is 0 Å². The van der Waals surface area contributed by atoms with Crippen LogP contribution in [0.4, 0.5) is 0 Å². The van der Waals surface area contributed by atoms with E-state index >= 15 is 0 Å². The van der Waals surface area contributed by atoms with E-state index in [-0.39, 0.29) is 6.61 Å². The van der Waals surface area contributed by atoms with Crippen LogP contribution >= 0.6 is 35.0 Å². The van der Waals surface area contributed by atoms with Crippen LogP contribution in [-0.4, -0.2) is 27.3 Å². The van der Waals surface area contributed by atoms with Crippen molar-refractivity contribution in [1.82, 2.24) is 14.9 Å². The third kappa shape index (κ3) is 4.54. The van der Waals surface area contributed by atoms with E-state index in [4.69, 9.17) is 27.9 Å². The zero-order chi connectivity index (χ0) is 17.6. The molecule has 0 aliphatic heterocycles. The molecular formula is C17H14Cl2N4OS.